The van der Waals surface area contributed by atoms with E-state index >= 15 is 0 Å². The van der Waals surface area contributed by atoms with E-state index in [-0.39, 0.29) is 11.3 Å². The van der Waals surface area contributed by atoms with Crippen LogP contribution in [0.3, 0.4) is 0 Å². The summed E-state index contributed by atoms with van der Waals surface area (Å²) in [5.74, 6) is -0.977. The lowest BCUT2D eigenvalue weighted by Gasteiger charge is -2.10. The van der Waals surface area contributed by atoms with Crippen LogP contribution in [-0.4, -0.2) is 16.0 Å². The van der Waals surface area contributed by atoms with E-state index in [2.05, 4.69) is 5.32 Å². The van der Waals surface area contributed by atoms with Crippen LogP contribution in [0.25, 0.3) is 0 Å². The number of anilines is 2. The molecule has 0 spiro atoms. The largest absolute Gasteiger partial charge is 0.478 e. The first-order chi connectivity index (χ1) is 9.47. The predicted octanol–water partition coefficient (Wildman–Crippen LogP) is 3.35. The molecular formula is C14H12N2O4. The number of benzene rings is 2. The maximum absolute atomic E-state index is 10.8. The number of hydrogen-bond donors (Lipinski definition) is 2. The molecule has 0 atom stereocenters. The van der Waals surface area contributed by atoms with Gasteiger partial charge in [0.25, 0.3) is 5.69 Å². The maximum Gasteiger partial charge on any atom is 0.335 e. The van der Waals surface area contributed by atoms with Crippen molar-refractivity contribution in [1.82, 2.24) is 0 Å². The summed E-state index contributed by atoms with van der Waals surface area (Å²) in [5.41, 5.74) is 2.47. The Hall–Kier alpha value is -2.89. The molecule has 6 nitrogen and oxygen atoms in total. The lowest BCUT2D eigenvalue weighted by molar-refractivity contribution is -0.384. The lowest BCUT2D eigenvalue weighted by Crippen LogP contribution is -1.99. The van der Waals surface area contributed by atoms with E-state index in [1.165, 1.54) is 18.2 Å². The number of non-ortho nitro benzene ring substituents is 1. The smallest absolute Gasteiger partial charge is 0.335 e. The third-order valence-corrected chi connectivity index (χ3v) is 2.83. The zero-order chi connectivity index (χ0) is 14.7. The van der Waals surface area contributed by atoms with Crippen molar-refractivity contribution in [2.45, 2.75) is 6.92 Å². The van der Waals surface area contributed by atoms with Gasteiger partial charge in [-0.2, -0.15) is 0 Å². The Labute approximate surface area is 114 Å². The number of nitro benzene ring substituents is 1. The van der Waals surface area contributed by atoms with E-state index in [0.29, 0.717) is 5.69 Å². The third-order valence-electron chi connectivity index (χ3n) is 2.83. The van der Waals surface area contributed by atoms with E-state index in [1.807, 2.05) is 0 Å². The Morgan fingerprint density at radius 1 is 1.20 bits per heavy atom. The number of aromatic carboxylic acids is 1. The molecular weight excluding hydrogens is 260 g/mol. The van der Waals surface area contributed by atoms with E-state index < -0.39 is 10.9 Å². The fourth-order valence-electron chi connectivity index (χ4n) is 1.76. The minimum absolute atomic E-state index is 0.0218. The van der Waals surface area contributed by atoms with Gasteiger partial charge in [-0.15, -0.1) is 0 Å². The summed E-state index contributed by atoms with van der Waals surface area (Å²) in [6, 6.07) is 10.7. The second-order valence-electron chi connectivity index (χ2n) is 4.26. The molecule has 0 radical (unpaired) electrons. The van der Waals surface area contributed by atoms with E-state index in [4.69, 9.17) is 5.11 Å². The molecule has 0 saturated heterocycles. The Kier molecular flexibility index (Phi) is 3.65. The number of aryl methyl sites for hydroxylation is 1. The normalized spacial score (nSPS) is 10.1. The van der Waals surface area contributed by atoms with Gasteiger partial charge in [0.05, 0.1) is 10.5 Å². The second-order valence-corrected chi connectivity index (χ2v) is 4.26. The van der Waals surface area contributed by atoms with Crippen molar-refractivity contribution in [3.8, 4) is 0 Å². The van der Waals surface area contributed by atoms with Crippen LogP contribution in [0.4, 0.5) is 17.1 Å². The third kappa shape index (κ3) is 2.92. The summed E-state index contributed by atoms with van der Waals surface area (Å²) in [6.07, 6.45) is 0. The molecule has 0 aliphatic carbocycles. The first-order valence-corrected chi connectivity index (χ1v) is 5.83. The minimum atomic E-state index is -0.977. The van der Waals surface area contributed by atoms with Gasteiger partial charge in [0.2, 0.25) is 0 Å². The summed E-state index contributed by atoms with van der Waals surface area (Å²) in [6.45, 7) is 1.79. The fourth-order valence-corrected chi connectivity index (χ4v) is 1.76. The van der Waals surface area contributed by atoms with Crippen LogP contribution < -0.4 is 5.32 Å². The number of nitrogens with zero attached hydrogens (tertiary/aromatic N) is 1. The number of hydrogen-bond acceptors (Lipinski definition) is 4. The summed E-state index contributed by atoms with van der Waals surface area (Å²) < 4.78 is 0. The van der Waals surface area contributed by atoms with Gasteiger partial charge in [0.15, 0.2) is 0 Å². The average Bonchev–Trinajstić information content (AvgIpc) is 2.41. The Balaban J connectivity index is 2.21. The maximum atomic E-state index is 10.8. The first-order valence-electron chi connectivity index (χ1n) is 5.83. The highest BCUT2D eigenvalue weighted by molar-refractivity contribution is 5.88. The zero-order valence-electron chi connectivity index (χ0n) is 10.7. The molecule has 2 rings (SSSR count). The van der Waals surface area contributed by atoms with E-state index in [9.17, 15) is 14.9 Å². The highest BCUT2D eigenvalue weighted by atomic mass is 16.6. The van der Waals surface area contributed by atoms with E-state index in [0.717, 1.165) is 11.3 Å². The summed E-state index contributed by atoms with van der Waals surface area (Å²) in [7, 11) is 0. The van der Waals surface area contributed by atoms with E-state index in [1.54, 1.807) is 31.2 Å². The molecule has 0 aliphatic rings. The predicted molar refractivity (Wildman–Crippen MR) is 74.5 cm³/mol. The van der Waals surface area contributed by atoms with Crippen LogP contribution in [0.5, 0.6) is 0 Å². The molecule has 20 heavy (non-hydrogen) atoms. The van der Waals surface area contributed by atoms with Gasteiger partial charge in [-0.25, -0.2) is 4.79 Å². The summed E-state index contributed by atoms with van der Waals surface area (Å²) in [4.78, 5) is 20.9. The lowest BCUT2D eigenvalue weighted by atomic mass is 10.1. The van der Waals surface area contributed by atoms with Crippen LogP contribution in [0.15, 0.2) is 42.5 Å². The number of nitrogens with one attached hydrogen (secondary N) is 1. The highest BCUT2D eigenvalue weighted by Crippen LogP contribution is 2.23. The summed E-state index contributed by atoms with van der Waals surface area (Å²) in [5, 5.41) is 22.5. The molecule has 102 valence electrons. The van der Waals surface area contributed by atoms with Gasteiger partial charge in [0, 0.05) is 23.5 Å². The average molecular weight is 272 g/mol. The zero-order valence-corrected chi connectivity index (χ0v) is 10.7. The Morgan fingerprint density at radius 2 is 1.85 bits per heavy atom. The van der Waals surface area contributed by atoms with Crippen LogP contribution in [-0.2, 0) is 0 Å². The molecule has 0 aromatic heterocycles. The molecule has 0 fully saturated rings. The van der Waals surface area contributed by atoms with Crippen molar-refractivity contribution in [3.05, 3.63) is 63.7 Å². The number of nitro groups is 1. The van der Waals surface area contributed by atoms with Crippen molar-refractivity contribution in [1.29, 1.82) is 0 Å². The number of carboxylic acid groups (broad SMARTS) is 1. The fraction of sp³-hybridized carbons (Fsp3) is 0.0714. The summed E-state index contributed by atoms with van der Waals surface area (Å²) >= 11 is 0. The van der Waals surface area contributed by atoms with Gasteiger partial charge in [0.1, 0.15) is 0 Å². The Bertz CT molecular complexity index is 665. The van der Waals surface area contributed by atoms with Crippen molar-refractivity contribution in [3.63, 3.8) is 0 Å². The van der Waals surface area contributed by atoms with Gasteiger partial charge in [-0.05, 0) is 42.8 Å². The van der Waals surface area contributed by atoms with Gasteiger partial charge < -0.3 is 10.4 Å². The highest BCUT2D eigenvalue weighted by Gasteiger charge is 2.07. The van der Waals surface area contributed by atoms with Crippen LogP contribution >= 0.6 is 0 Å². The van der Waals surface area contributed by atoms with Crippen molar-refractivity contribution in [2.75, 3.05) is 5.32 Å². The van der Waals surface area contributed by atoms with Gasteiger partial charge in [-0.1, -0.05) is 0 Å². The van der Waals surface area contributed by atoms with Crippen molar-refractivity contribution in [2.24, 2.45) is 0 Å². The molecule has 0 unspecified atom stereocenters. The molecule has 0 bridgehead atoms. The van der Waals surface area contributed by atoms with Gasteiger partial charge in [-0.3, -0.25) is 10.1 Å². The van der Waals surface area contributed by atoms with Gasteiger partial charge >= 0.3 is 5.97 Å². The number of rotatable bonds is 4. The molecule has 0 saturated carbocycles. The quantitative estimate of drug-likeness (QED) is 0.657. The van der Waals surface area contributed by atoms with Crippen LogP contribution in [0, 0.1) is 17.0 Å². The molecule has 2 N–H and O–H groups in total. The minimum Gasteiger partial charge on any atom is -0.478 e. The topological polar surface area (TPSA) is 92.5 Å². The molecule has 0 heterocycles. The first kappa shape index (κ1) is 13.5. The molecule has 2 aromatic carbocycles. The van der Waals surface area contributed by atoms with Crippen LogP contribution in [0.1, 0.15) is 15.9 Å². The SMILES string of the molecule is Cc1cc(C(=O)O)ccc1Nc1ccc([N+](=O)[O-])cc1. The molecule has 2 aromatic rings. The standard InChI is InChI=1S/C14H12N2O4/c1-9-8-10(14(17)18)2-7-13(9)15-11-3-5-12(6-4-11)16(19)20/h2-8,15H,1H3,(H,17,18). The molecule has 0 amide bonds. The molecule has 0 aliphatic heterocycles. The number of carbonyl (C=O) groups is 1. The van der Waals surface area contributed by atoms with Crippen LogP contribution in [0.2, 0.25) is 0 Å². The van der Waals surface area contributed by atoms with Crippen molar-refractivity contribution >= 4 is 23.0 Å². The second kappa shape index (κ2) is 5.40. The Morgan fingerprint density at radius 3 is 2.35 bits per heavy atom. The van der Waals surface area contributed by atoms with Crippen molar-refractivity contribution < 1.29 is 14.8 Å². The molecule has 6 heteroatoms. The number of carboxylic acids is 1. The monoisotopic (exact) mass is 272 g/mol.